The Hall–Kier alpha value is -4.78. The number of halogens is 1. The molecule has 0 radical (unpaired) electrons. The van der Waals surface area contributed by atoms with Crippen molar-refractivity contribution in [1.29, 1.82) is 5.26 Å². The topological polar surface area (TPSA) is 115 Å². The van der Waals surface area contributed by atoms with Crippen LogP contribution in [0.1, 0.15) is 52.9 Å². The van der Waals surface area contributed by atoms with Crippen LogP contribution in [0.15, 0.2) is 59.5 Å². The van der Waals surface area contributed by atoms with Crippen molar-refractivity contribution in [1.82, 2.24) is 20.1 Å². The van der Waals surface area contributed by atoms with E-state index in [1.54, 1.807) is 41.4 Å². The molecule has 3 fully saturated rings. The minimum absolute atomic E-state index is 0.0179. The van der Waals surface area contributed by atoms with Crippen molar-refractivity contribution in [3.05, 3.63) is 93.3 Å². The van der Waals surface area contributed by atoms with Crippen LogP contribution < -0.4 is 15.2 Å². The summed E-state index contributed by atoms with van der Waals surface area (Å²) < 4.78 is 21.1. The highest BCUT2D eigenvalue weighted by Gasteiger charge is 2.51. The molecular weight excluding hydrogens is 523 g/mol. The monoisotopic (exact) mass is 550 g/mol. The number of ether oxygens (including phenoxy) is 1. The first-order valence-corrected chi connectivity index (χ1v) is 13.9. The number of aromatic nitrogens is 3. The van der Waals surface area contributed by atoms with Crippen molar-refractivity contribution in [3.8, 4) is 11.8 Å². The number of pyridine rings is 1. The molecule has 2 aromatic heterocycles. The number of carbonyl (C=O) groups is 1. The Morgan fingerprint density at radius 1 is 1.10 bits per heavy atom. The molecule has 41 heavy (non-hydrogen) atoms. The summed E-state index contributed by atoms with van der Waals surface area (Å²) in [5.74, 6) is 0.571. The van der Waals surface area contributed by atoms with Crippen molar-refractivity contribution in [2.75, 3.05) is 18.0 Å². The van der Waals surface area contributed by atoms with Crippen LogP contribution in [0.25, 0.3) is 10.8 Å². The number of carbonyl (C=O) groups excluding carboxylic acids is 1. The first kappa shape index (κ1) is 25.2. The first-order chi connectivity index (χ1) is 20.0. The molecule has 2 aliphatic carbocycles. The molecule has 2 aromatic carbocycles. The summed E-state index contributed by atoms with van der Waals surface area (Å²) in [5, 5.41) is 17.1. The smallest absolute Gasteiger partial charge is 0.272 e. The lowest BCUT2D eigenvalue weighted by Gasteiger charge is -2.35. The number of nitrogens with zero attached hydrogens (tertiary/aromatic N) is 5. The zero-order valence-corrected chi connectivity index (χ0v) is 22.2. The summed E-state index contributed by atoms with van der Waals surface area (Å²) in [5.41, 5.74) is 1.57. The minimum atomic E-state index is -0.567. The number of benzene rings is 2. The Balaban J connectivity index is 1.11. The molecule has 1 aliphatic heterocycles. The fourth-order valence-corrected chi connectivity index (χ4v) is 5.83. The third kappa shape index (κ3) is 4.67. The van der Waals surface area contributed by atoms with E-state index in [0.717, 1.165) is 31.5 Å². The number of amides is 1. The van der Waals surface area contributed by atoms with Gasteiger partial charge in [0.25, 0.3) is 11.5 Å². The van der Waals surface area contributed by atoms with Crippen molar-refractivity contribution in [3.63, 3.8) is 0 Å². The maximum atomic E-state index is 15.0. The number of nitriles is 1. The Bertz CT molecular complexity index is 1760. The average Bonchev–Trinajstić information content (AvgIpc) is 3.78. The molecule has 0 bridgehead atoms. The molecule has 2 atom stereocenters. The van der Waals surface area contributed by atoms with Gasteiger partial charge in [-0.25, -0.2) is 14.5 Å². The van der Waals surface area contributed by atoms with Crippen LogP contribution in [0.4, 0.5) is 10.2 Å². The van der Waals surface area contributed by atoms with E-state index < -0.39 is 5.82 Å². The molecule has 9 nitrogen and oxygen atoms in total. The third-order valence-electron chi connectivity index (χ3n) is 8.37. The molecule has 10 heteroatoms. The number of hydrogen-bond acceptors (Lipinski definition) is 7. The van der Waals surface area contributed by atoms with Crippen molar-refractivity contribution in [2.45, 2.75) is 50.3 Å². The van der Waals surface area contributed by atoms with Gasteiger partial charge in [0.15, 0.2) is 0 Å². The average molecular weight is 551 g/mol. The van der Waals surface area contributed by atoms with E-state index in [1.165, 1.54) is 6.07 Å². The van der Waals surface area contributed by atoms with Gasteiger partial charge in [-0.1, -0.05) is 6.07 Å². The highest BCUT2D eigenvalue weighted by molar-refractivity contribution is 5.95. The van der Waals surface area contributed by atoms with Crippen molar-refractivity contribution in [2.24, 2.45) is 0 Å². The lowest BCUT2D eigenvalue weighted by Crippen LogP contribution is -2.49. The van der Waals surface area contributed by atoms with Gasteiger partial charge in [0.05, 0.1) is 40.4 Å². The van der Waals surface area contributed by atoms with Gasteiger partial charge in [0.1, 0.15) is 23.5 Å². The lowest BCUT2D eigenvalue weighted by atomic mass is 9.96. The summed E-state index contributed by atoms with van der Waals surface area (Å²) in [6.45, 7) is 1.02. The molecule has 1 saturated heterocycles. The molecule has 1 amide bonds. The Kier molecular flexibility index (Phi) is 6.15. The van der Waals surface area contributed by atoms with Crippen LogP contribution in [0.5, 0.6) is 5.75 Å². The van der Waals surface area contributed by atoms with E-state index in [2.05, 4.69) is 26.2 Å². The number of hydrogen-bond donors (Lipinski definition) is 1. The maximum Gasteiger partial charge on any atom is 0.272 e. The molecule has 1 N–H and O–H groups in total. The number of piperazine rings is 1. The highest BCUT2D eigenvalue weighted by atomic mass is 19.1. The second-order valence-electron chi connectivity index (χ2n) is 10.9. The van der Waals surface area contributed by atoms with Crippen LogP contribution in [0, 0.1) is 17.1 Å². The summed E-state index contributed by atoms with van der Waals surface area (Å²) in [6.07, 6.45) is 6.04. The normalized spacial score (nSPS) is 19.8. The second kappa shape index (κ2) is 10.0. The molecule has 3 aliphatic rings. The van der Waals surface area contributed by atoms with Gasteiger partial charge < -0.3 is 14.5 Å². The Morgan fingerprint density at radius 2 is 1.98 bits per heavy atom. The van der Waals surface area contributed by atoms with Crippen LogP contribution in [-0.2, 0) is 6.42 Å². The zero-order chi connectivity index (χ0) is 28.1. The van der Waals surface area contributed by atoms with Crippen molar-refractivity contribution < 1.29 is 13.9 Å². The summed E-state index contributed by atoms with van der Waals surface area (Å²) >= 11 is 0. The van der Waals surface area contributed by atoms with E-state index >= 15 is 4.39 Å². The predicted octanol–water partition coefficient (Wildman–Crippen LogP) is 3.95. The fourth-order valence-electron chi connectivity index (χ4n) is 5.83. The quantitative estimate of drug-likeness (QED) is 0.387. The van der Waals surface area contributed by atoms with E-state index in [9.17, 15) is 9.59 Å². The highest BCUT2D eigenvalue weighted by Crippen LogP contribution is 2.40. The predicted molar refractivity (Wildman–Crippen MR) is 149 cm³/mol. The standard InChI is InChI=1S/C31H27FN6O3/c32-25-8-4-18(13-26-23-14-21(41-20-2-1-3-20)6-7-22(23)30(39)36-35-26)12-24(25)31(40)38-11-10-37(27-15-28(27)38)29-9-5-19(16-33)17-34-29/h4-9,12,14,17,20,27-28H,1-3,10-11,13,15H2,(H,36,39). The fraction of sp³-hybridized carbons (Fsp3) is 0.323. The van der Waals surface area contributed by atoms with Gasteiger partial charge in [-0.15, -0.1) is 0 Å². The molecule has 2 saturated carbocycles. The third-order valence-corrected chi connectivity index (χ3v) is 8.37. The summed E-state index contributed by atoms with van der Waals surface area (Å²) in [6, 6.07) is 15.7. The Morgan fingerprint density at radius 3 is 2.73 bits per heavy atom. The Labute approximate surface area is 235 Å². The number of nitrogens with one attached hydrogen (secondary N) is 1. The van der Waals surface area contributed by atoms with Gasteiger partial charge in [-0.2, -0.15) is 10.4 Å². The van der Waals surface area contributed by atoms with E-state index in [1.807, 2.05) is 12.1 Å². The van der Waals surface area contributed by atoms with Gasteiger partial charge in [-0.05, 0) is 73.7 Å². The first-order valence-electron chi connectivity index (χ1n) is 13.9. The molecule has 7 rings (SSSR count). The van der Waals surface area contributed by atoms with E-state index in [-0.39, 0.29) is 35.2 Å². The van der Waals surface area contributed by atoms with Gasteiger partial charge in [0, 0.05) is 31.1 Å². The number of fused-ring (bicyclic) bond motifs is 2. The molecule has 0 spiro atoms. The SMILES string of the molecule is N#Cc1ccc(N2CCN(C(=O)c3cc(Cc4n[nH]c(=O)c5ccc(OC6CCC6)cc45)ccc3F)C3CC32)nc1. The van der Waals surface area contributed by atoms with Gasteiger partial charge in [-0.3, -0.25) is 9.59 Å². The van der Waals surface area contributed by atoms with Crippen LogP contribution >= 0.6 is 0 Å². The number of rotatable bonds is 6. The second-order valence-corrected chi connectivity index (χ2v) is 10.9. The summed E-state index contributed by atoms with van der Waals surface area (Å²) in [4.78, 5) is 34.3. The van der Waals surface area contributed by atoms with E-state index in [4.69, 9.17) is 10.00 Å². The summed E-state index contributed by atoms with van der Waals surface area (Å²) in [7, 11) is 0. The molecule has 206 valence electrons. The van der Waals surface area contributed by atoms with Crippen LogP contribution in [-0.4, -0.2) is 57.3 Å². The molecular formula is C31H27FN6O3. The van der Waals surface area contributed by atoms with Gasteiger partial charge in [0.2, 0.25) is 0 Å². The van der Waals surface area contributed by atoms with Crippen molar-refractivity contribution >= 4 is 22.5 Å². The number of aromatic amines is 1. The minimum Gasteiger partial charge on any atom is -0.490 e. The maximum absolute atomic E-state index is 15.0. The molecule has 3 heterocycles. The largest absolute Gasteiger partial charge is 0.490 e. The van der Waals surface area contributed by atoms with E-state index in [0.29, 0.717) is 52.9 Å². The van der Waals surface area contributed by atoms with Crippen LogP contribution in [0.2, 0.25) is 0 Å². The molecule has 4 aromatic rings. The number of H-pyrrole nitrogens is 1. The van der Waals surface area contributed by atoms with Crippen LogP contribution in [0.3, 0.4) is 0 Å². The number of anilines is 1. The molecule has 2 unspecified atom stereocenters. The van der Waals surface area contributed by atoms with Gasteiger partial charge >= 0.3 is 0 Å². The zero-order valence-electron chi connectivity index (χ0n) is 22.2. The lowest BCUT2D eigenvalue weighted by molar-refractivity contribution is 0.0724.